The molecular formula is C19H29NO. The van der Waals surface area contributed by atoms with E-state index in [2.05, 4.69) is 24.3 Å². The van der Waals surface area contributed by atoms with Gasteiger partial charge in [0.05, 0.1) is 6.10 Å². The van der Waals surface area contributed by atoms with Crippen LogP contribution in [0, 0.1) is 5.92 Å². The SMILES string of the molecule is NCC1(C(O)C2CCCCCC2)CCCc2ccccc21. The van der Waals surface area contributed by atoms with Crippen molar-refractivity contribution in [3.8, 4) is 0 Å². The van der Waals surface area contributed by atoms with Gasteiger partial charge in [-0.25, -0.2) is 0 Å². The van der Waals surface area contributed by atoms with Gasteiger partial charge >= 0.3 is 0 Å². The number of hydrogen-bond acceptors (Lipinski definition) is 2. The number of nitrogens with two attached hydrogens (primary N) is 1. The fourth-order valence-electron chi connectivity index (χ4n) is 4.67. The lowest BCUT2D eigenvalue weighted by molar-refractivity contribution is 0.0157. The summed E-state index contributed by atoms with van der Waals surface area (Å²) in [6.07, 6.45) is 10.6. The van der Waals surface area contributed by atoms with Crippen molar-refractivity contribution in [1.82, 2.24) is 0 Å². The topological polar surface area (TPSA) is 46.2 Å². The first-order valence-electron chi connectivity index (χ1n) is 8.74. The van der Waals surface area contributed by atoms with Gasteiger partial charge < -0.3 is 10.8 Å². The number of aliphatic hydroxyl groups is 1. The van der Waals surface area contributed by atoms with Gasteiger partial charge in [0, 0.05) is 12.0 Å². The second-order valence-electron chi connectivity index (χ2n) is 7.07. The van der Waals surface area contributed by atoms with Crippen LogP contribution < -0.4 is 5.73 Å². The second kappa shape index (κ2) is 6.50. The molecule has 0 aromatic heterocycles. The zero-order chi connectivity index (χ0) is 14.7. The number of rotatable bonds is 3. The monoisotopic (exact) mass is 287 g/mol. The Morgan fingerprint density at radius 1 is 1.10 bits per heavy atom. The Labute approximate surface area is 128 Å². The van der Waals surface area contributed by atoms with E-state index in [1.54, 1.807) is 0 Å². The minimum atomic E-state index is -0.276. The van der Waals surface area contributed by atoms with Gasteiger partial charge in [0.1, 0.15) is 0 Å². The van der Waals surface area contributed by atoms with Crippen LogP contribution in [0.25, 0.3) is 0 Å². The van der Waals surface area contributed by atoms with E-state index < -0.39 is 0 Å². The Morgan fingerprint density at radius 2 is 1.81 bits per heavy atom. The number of aryl methyl sites for hydroxylation is 1. The molecule has 3 rings (SSSR count). The van der Waals surface area contributed by atoms with Crippen LogP contribution in [0.3, 0.4) is 0 Å². The van der Waals surface area contributed by atoms with Crippen molar-refractivity contribution in [3.05, 3.63) is 35.4 Å². The highest BCUT2D eigenvalue weighted by Crippen LogP contribution is 2.43. The average Bonchev–Trinajstić information content (AvgIpc) is 2.82. The third-order valence-corrected chi connectivity index (χ3v) is 5.90. The third kappa shape index (κ3) is 2.76. The van der Waals surface area contributed by atoms with E-state index in [0.29, 0.717) is 12.5 Å². The highest BCUT2D eigenvalue weighted by molar-refractivity contribution is 5.38. The maximum atomic E-state index is 11.2. The summed E-state index contributed by atoms with van der Waals surface area (Å²) in [4.78, 5) is 0. The Kier molecular flexibility index (Phi) is 4.66. The molecule has 116 valence electrons. The van der Waals surface area contributed by atoms with Gasteiger partial charge in [-0.15, -0.1) is 0 Å². The minimum Gasteiger partial charge on any atom is -0.392 e. The molecule has 2 aliphatic carbocycles. The summed E-state index contributed by atoms with van der Waals surface area (Å²) in [7, 11) is 0. The zero-order valence-electron chi connectivity index (χ0n) is 13.1. The highest BCUT2D eigenvalue weighted by Gasteiger charge is 2.44. The van der Waals surface area contributed by atoms with Gasteiger partial charge in [-0.2, -0.15) is 0 Å². The molecule has 1 aromatic carbocycles. The molecule has 0 saturated heterocycles. The minimum absolute atomic E-state index is 0.205. The smallest absolute Gasteiger partial charge is 0.0677 e. The van der Waals surface area contributed by atoms with Crippen molar-refractivity contribution in [2.24, 2.45) is 11.7 Å². The quantitative estimate of drug-likeness (QED) is 0.835. The van der Waals surface area contributed by atoms with E-state index in [-0.39, 0.29) is 11.5 Å². The van der Waals surface area contributed by atoms with Crippen LogP contribution in [0.4, 0.5) is 0 Å². The molecule has 2 unspecified atom stereocenters. The van der Waals surface area contributed by atoms with Gasteiger partial charge in [0.15, 0.2) is 0 Å². The molecule has 1 saturated carbocycles. The van der Waals surface area contributed by atoms with Crippen LogP contribution in [-0.2, 0) is 11.8 Å². The van der Waals surface area contributed by atoms with E-state index in [1.165, 1.54) is 49.7 Å². The lowest BCUT2D eigenvalue weighted by atomic mass is 9.63. The first-order valence-corrected chi connectivity index (χ1v) is 8.74. The van der Waals surface area contributed by atoms with Crippen molar-refractivity contribution in [3.63, 3.8) is 0 Å². The zero-order valence-corrected chi connectivity index (χ0v) is 13.1. The summed E-state index contributed by atoms with van der Waals surface area (Å²) < 4.78 is 0. The summed E-state index contributed by atoms with van der Waals surface area (Å²) in [6.45, 7) is 0.571. The van der Waals surface area contributed by atoms with E-state index in [0.717, 1.165) is 19.3 Å². The van der Waals surface area contributed by atoms with Gasteiger partial charge in [0.2, 0.25) is 0 Å². The first kappa shape index (κ1) is 15.1. The van der Waals surface area contributed by atoms with Crippen molar-refractivity contribution >= 4 is 0 Å². The van der Waals surface area contributed by atoms with Crippen LogP contribution in [0.2, 0.25) is 0 Å². The predicted molar refractivity (Wildman–Crippen MR) is 87.3 cm³/mol. The molecule has 3 N–H and O–H groups in total. The molecule has 1 fully saturated rings. The molecule has 2 heteroatoms. The molecule has 0 spiro atoms. The van der Waals surface area contributed by atoms with Crippen LogP contribution in [0.1, 0.15) is 62.5 Å². The molecule has 2 nitrogen and oxygen atoms in total. The Balaban J connectivity index is 1.93. The standard InChI is InChI=1S/C19H29NO/c20-14-19(18(21)16-9-3-1-2-4-10-16)13-7-11-15-8-5-6-12-17(15)19/h5-6,8,12,16,18,21H,1-4,7,9-11,13-14,20H2. The molecule has 2 aliphatic rings. The lowest BCUT2D eigenvalue weighted by Gasteiger charge is -2.45. The Bertz CT molecular complexity index is 464. The molecule has 0 bridgehead atoms. The number of fused-ring (bicyclic) bond motifs is 1. The number of aliphatic hydroxyl groups excluding tert-OH is 1. The van der Waals surface area contributed by atoms with Crippen LogP contribution in [0.15, 0.2) is 24.3 Å². The molecule has 21 heavy (non-hydrogen) atoms. The highest BCUT2D eigenvalue weighted by atomic mass is 16.3. The van der Waals surface area contributed by atoms with Gasteiger partial charge in [-0.05, 0) is 49.1 Å². The van der Waals surface area contributed by atoms with Crippen molar-refractivity contribution in [1.29, 1.82) is 0 Å². The predicted octanol–water partition coefficient (Wildman–Crippen LogP) is 3.55. The van der Waals surface area contributed by atoms with Crippen LogP contribution >= 0.6 is 0 Å². The molecule has 0 radical (unpaired) electrons. The average molecular weight is 287 g/mol. The molecule has 0 aliphatic heterocycles. The molecule has 0 amide bonds. The van der Waals surface area contributed by atoms with Crippen molar-refractivity contribution in [2.45, 2.75) is 69.3 Å². The van der Waals surface area contributed by atoms with Gasteiger partial charge in [0.25, 0.3) is 0 Å². The van der Waals surface area contributed by atoms with E-state index in [1.807, 2.05) is 0 Å². The van der Waals surface area contributed by atoms with Crippen LogP contribution in [-0.4, -0.2) is 17.8 Å². The largest absolute Gasteiger partial charge is 0.392 e. The fraction of sp³-hybridized carbons (Fsp3) is 0.684. The number of hydrogen-bond donors (Lipinski definition) is 2. The van der Waals surface area contributed by atoms with Gasteiger partial charge in [-0.1, -0.05) is 49.9 Å². The summed E-state index contributed by atoms with van der Waals surface area (Å²) in [5.74, 6) is 0.433. The fourth-order valence-corrected chi connectivity index (χ4v) is 4.67. The summed E-state index contributed by atoms with van der Waals surface area (Å²) in [5.41, 5.74) is 8.77. The molecule has 2 atom stereocenters. The normalized spacial score (nSPS) is 28.7. The maximum Gasteiger partial charge on any atom is 0.0677 e. The maximum absolute atomic E-state index is 11.2. The van der Waals surface area contributed by atoms with Crippen LogP contribution in [0.5, 0.6) is 0 Å². The Hall–Kier alpha value is -0.860. The Morgan fingerprint density at radius 3 is 2.52 bits per heavy atom. The van der Waals surface area contributed by atoms with Crippen molar-refractivity contribution in [2.75, 3.05) is 6.54 Å². The summed E-state index contributed by atoms with van der Waals surface area (Å²) in [6, 6.07) is 8.65. The first-order chi connectivity index (χ1) is 10.3. The van der Waals surface area contributed by atoms with E-state index in [4.69, 9.17) is 5.73 Å². The lowest BCUT2D eigenvalue weighted by Crippen LogP contribution is -2.51. The van der Waals surface area contributed by atoms with E-state index in [9.17, 15) is 5.11 Å². The molecule has 1 aromatic rings. The third-order valence-electron chi connectivity index (χ3n) is 5.90. The number of benzene rings is 1. The summed E-state index contributed by atoms with van der Waals surface area (Å²) in [5, 5.41) is 11.2. The summed E-state index contributed by atoms with van der Waals surface area (Å²) >= 11 is 0. The van der Waals surface area contributed by atoms with Gasteiger partial charge in [-0.3, -0.25) is 0 Å². The van der Waals surface area contributed by atoms with Crippen molar-refractivity contribution < 1.29 is 5.11 Å². The molecular weight excluding hydrogens is 258 g/mol. The second-order valence-corrected chi connectivity index (χ2v) is 7.07. The molecule has 0 heterocycles. The van der Waals surface area contributed by atoms with E-state index >= 15 is 0 Å².